The number of nitrogens with one attached hydrogen (secondary N) is 1. The van der Waals surface area contributed by atoms with Crippen molar-refractivity contribution in [1.29, 1.82) is 0 Å². The molecule has 0 aliphatic rings. The number of nitrogens with zero attached hydrogens (tertiary/aromatic N) is 4. The topological polar surface area (TPSA) is 55.6 Å². The Morgan fingerprint density at radius 1 is 1.29 bits per heavy atom. The van der Waals surface area contributed by atoms with Gasteiger partial charge >= 0.3 is 0 Å². The Bertz CT molecular complexity index is 449. The van der Waals surface area contributed by atoms with Gasteiger partial charge in [-0.1, -0.05) is 13.8 Å². The van der Waals surface area contributed by atoms with Crippen LogP contribution in [0.4, 0.5) is 5.69 Å². The van der Waals surface area contributed by atoms with Crippen LogP contribution in [-0.4, -0.2) is 19.7 Å². The lowest BCUT2D eigenvalue weighted by Gasteiger charge is -2.04. The van der Waals surface area contributed by atoms with E-state index in [-0.39, 0.29) is 0 Å². The van der Waals surface area contributed by atoms with Crippen molar-refractivity contribution in [3.8, 4) is 0 Å². The van der Waals surface area contributed by atoms with E-state index in [1.165, 1.54) is 0 Å². The minimum absolute atomic E-state index is 0.600. The highest BCUT2D eigenvalue weighted by Gasteiger charge is 2.01. The van der Waals surface area contributed by atoms with Gasteiger partial charge in [-0.05, 0) is 5.92 Å². The van der Waals surface area contributed by atoms with E-state index in [1.54, 1.807) is 18.6 Å². The Labute approximate surface area is 101 Å². The maximum absolute atomic E-state index is 4.29. The zero-order valence-corrected chi connectivity index (χ0v) is 10.2. The fourth-order valence-corrected chi connectivity index (χ4v) is 1.54. The van der Waals surface area contributed by atoms with Crippen molar-refractivity contribution < 1.29 is 0 Å². The molecular weight excluding hydrogens is 214 g/mol. The summed E-state index contributed by atoms with van der Waals surface area (Å²) in [6.07, 6.45) is 8.96. The average Bonchev–Trinajstić information content (AvgIpc) is 2.75. The predicted molar refractivity (Wildman–Crippen MR) is 66.4 cm³/mol. The van der Waals surface area contributed by atoms with Gasteiger partial charge in [0.2, 0.25) is 0 Å². The smallest absolute Gasteiger partial charge is 0.0777 e. The maximum Gasteiger partial charge on any atom is 0.0777 e. The molecule has 5 nitrogen and oxygen atoms in total. The third kappa shape index (κ3) is 3.55. The monoisotopic (exact) mass is 231 g/mol. The van der Waals surface area contributed by atoms with E-state index in [1.807, 2.05) is 17.1 Å². The van der Waals surface area contributed by atoms with Crippen LogP contribution in [0, 0.1) is 5.92 Å². The van der Waals surface area contributed by atoms with E-state index >= 15 is 0 Å². The van der Waals surface area contributed by atoms with E-state index in [0.717, 1.165) is 17.9 Å². The van der Waals surface area contributed by atoms with Crippen molar-refractivity contribution in [2.45, 2.75) is 26.9 Å². The highest BCUT2D eigenvalue weighted by Crippen LogP contribution is 2.08. The summed E-state index contributed by atoms with van der Waals surface area (Å²) in [6, 6.07) is 0. The average molecular weight is 231 g/mol. The van der Waals surface area contributed by atoms with Crippen LogP contribution in [0.25, 0.3) is 0 Å². The van der Waals surface area contributed by atoms with Gasteiger partial charge in [0.1, 0.15) is 0 Å². The summed E-state index contributed by atoms with van der Waals surface area (Å²) in [5.41, 5.74) is 1.93. The fraction of sp³-hybridized carbons (Fsp3) is 0.417. The van der Waals surface area contributed by atoms with Gasteiger partial charge in [0.05, 0.1) is 30.3 Å². The molecule has 0 bridgehead atoms. The van der Waals surface area contributed by atoms with Crippen LogP contribution in [0.3, 0.4) is 0 Å². The van der Waals surface area contributed by atoms with Crippen LogP contribution >= 0.6 is 0 Å². The Morgan fingerprint density at radius 2 is 2.18 bits per heavy atom. The SMILES string of the molecule is CC(C)Cn1cc(NCc2cnccn2)cn1. The standard InChI is InChI=1S/C12H17N5/c1-10(2)8-17-9-12(7-16-17)15-6-11-5-13-3-4-14-11/h3-5,7,9-10,15H,6,8H2,1-2H3. The largest absolute Gasteiger partial charge is 0.377 e. The first-order valence-electron chi connectivity index (χ1n) is 5.75. The van der Waals surface area contributed by atoms with Gasteiger partial charge in [0.15, 0.2) is 0 Å². The Kier molecular flexibility index (Phi) is 3.69. The third-order valence-corrected chi connectivity index (χ3v) is 2.28. The van der Waals surface area contributed by atoms with Crippen molar-refractivity contribution in [2.75, 3.05) is 5.32 Å². The molecule has 2 aromatic heterocycles. The molecule has 2 rings (SSSR count). The molecule has 0 aliphatic heterocycles. The lowest BCUT2D eigenvalue weighted by Crippen LogP contribution is -2.04. The first kappa shape index (κ1) is 11.6. The molecule has 0 unspecified atom stereocenters. The Morgan fingerprint density at radius 3 is 2.88 bits per heavy atom. The number of hydrogen-bond acceptors (Lipinski definition) is 4. The number of hydrogen-bond donors (Lipinski definition) is 1. The van der Waals surface area contributed by atoms with Crippen molar-refractivity contribution >= 4 is 5.69 Å². The molecule has 17 heavy (non-hydrogen) atoms. The second-order valence-electron chi connectivity index (χ2n) is 4.40. The van der Waals surface area contributed by atoms with E-state index in [4.69, 9.17) is 0 Å². The molecule has 0 aromatic carbocycles. The molecule has 0 spiro atoms. The highest BCUT2D eigenvalue weighted by atomic mass is 15.3. The van der Waals surface area contributed by atoms with Gasteiger partial charge in [-0.15, -0.1) is 0 Å². The fourth-order valence-electron chi connectivity index (χ4n) is 1.54. The zero-order valence-electron chi connectivity index (χ0n) is 10.2. The second-order valence-corrected chi connectivity index (χ2v) is 4.40. The second kappa shape index (κ2) is 5.43. The van der Waals surface area contributed by atoms with Crippen LogP contribution in [0.15, 0.2) is 31.0 Å². The summed E-state index contributed by atoms with van der Waals surface area (Å²) in [7, 11) is 0. The summed E-state index contributed by atoms with van der Waals surface area (Å²) in [4.78, 5) is 8.21. The highest BCUT2D eigenvalue weighted by molar-refractivity contribution is 5.38. The lowest BCUT2D eigenvalue weighted by atomic mass is 10.2. The molecule has 2 aromatic rings. The van der Waals surface area contributed by atoms with Gasteiger partial charge in [0, 0.05) is 25.1 Å². The van der Waals surface area contributed by atoms with E-state index < -0.39 is 0 Å². The summed E-state index contributed by atoms with van der Waals surface area (Å²) in [5, 5.41) is 7.56. The van der Waals surface area contributed by atoms with Crippen LogP contribution in [0.2, 0.25) is 0 Å². The molecule has 1 N–H and O–H groups in total. The normalized spacial score (nSPS) is 10.8. The van der Waals surface area contributed by atoms with Crippen LogP contribution in [0.5, 0.6) is 0 Å². The van der Waals surface area contributed by atoms with E-state index in [0.29, 0.717) is 12.5 Å². The van der Waals surface area contributed by atoms with Crippen LogP contribution in [0.1, 0.15) is 19.5 Å². The predicted octanol–water partition coefficient (Wildman–Crippen LogP) is 1.94. The minimum atomic E-state index is 0.600. The minimum Gasteiger partial charge on any atom is -0.377 e. The molecule has 0 fully saturated rings. The quantitative estimate of drug-likeness (QED) is 0.854. The van der Waals surface area contributed by atoms with Crippen molar-refractivity contribution in [3.63, 3.8) is 0 Å². The summed E-state index contributed by atoms with van der Waals surface area (Å²) >= 11 is 0. The molecule has 0 aliphatic carbocycles. The molecule has 0 saturated carbocycles. The number of anilines is 1. The summed E-state index contributed by atoms with van der Waals surface area (Å²) in [6.45, 7) is 5.96. The van der Waals surface area contributed by atoms with Crippen molar-refractivity contribution in [1.82, 2.24) is 19.7 Å². The van der Waals surface area contributed by atoms with Gasteiger partial charge in [-0.2, -0.15) is 5.10 Å². The Hall–Kier alpha value is -1.91. The van der Waals surface area contributed by atoms with Crippen molar-refractivity contribution in [3.05, 3.63) is 36.7 Å². The van der Waals surface area contributed by atoms with E-state index in [9.17, 15) is 0 Å². The number of rotatable bonds is 5. The summed E-state index contributed by atoms with van der Waals surface area (Å²) < 4.78 is 1.95. The van der Waals surface area contributed by atoms with Crippen molar-refractivity contribution in [2.24, 2.45) is 5.92 Å². The summed E-state index contributed by atoms with van der Waals surface area (Å²) in [5.74, 6) is 0.600. The van der Waals surface area contributed by atoms with Gasteiger partial charge in [-0.3, -0.25) is 14.6 Å². The van der Waals surface area contributed by atoms with Crippen LogP contribution in [-0.2, 0) is 13.1 Å². The third-order valence-electron chi connectivity index (χ3n) is 2.28. The zero-order chi connectivity index (χ0) is 12.1. The molecule has 0 saturated heterocycles. The van der Waals surface area contributed by atoms with Gasteiger partial charge < -0.3 is 5.32 Å². The van der Waals surface area contributed by atoms with Gasteiger partial charge in [0.25, 0.3) is 0 Å². The Balaban J connectivity index is 1.89. The van der Waals surface area contributed by atoms with E-state index in [2.05, 4.69) is 34.2 Å². The molecule has 5 heteroatoms. The molecule has 90 valence electrons. The maximum atomic E-state index is 4.29. The number of aromatic nitrogens is 4. The lowest BCUT2D eigenvalue weighted by molar-refractivity contribution is 0.483. The first-order chi connectivity index (χ1) is 8.24. The molecule has 0 radical (unpaired) electrons. The molecule has 2 heterocycles. The molecule has 0 atom stereocenters. The van der Waals surface area contributed by atoms with Gasteiger partial charge in [-0.25, -0.2) is 0 Å². The van der Waals surface area contributed by atoms with Crippen LogP contribution < -0.4 is 5.32 Å². The molecule has 0 amide bonds. The molecular formula is C12H17N5. The first-order valence-corrected chi connectivity index (χ1v) is 5.75.